The summed E-state index contributed by atoms with van der Waals surface area (Å²) in [7, 11) is 1.93. The molecule has 2 aromatic heterocycles. The van der Waals surface area contributed by atoms with Gasteiger partial charge in [0.2, 0.25) is 11.7 Å². The van der Waals surface area contributed by atoms with Crippen molar-refractivity contribution >= 4 is 16.9 Å². The molecule has 102 valence electrons. The molecule has 3 rings (SSSR count). The van der Waals surface area contributed by atoms with E-state index in [-0.39, 0.29) is 6.61 Å². The van der Waals surface area contributed by atoms with Crippen molar-refractivity contribution in [2.45, 2.75) is 13.5 Å². The Kier molecular flexibility index (Phi) is 2.98. The van der Waals surface area contributed by atoms with E-state index in [0.717, 1.165) is 10.9 Å². The van der Waals surface area contributed by atoms with Crippen LogP contribution in [0.4, 0.5) is 0 Å². The Morgan fingerprint density at radius 2 is 2.25 bits per heavy atom. The fraction of sp³-hybridized carbons (Fsp3) is 0.214. The number of esters is 1. The van der Waals surface area contributed by atoms with Gasteiger partial charge in [0.1, 0.15) is 0 Å². The average molecular weight is 271 g/mol. The van der Waals surface area contributed by atoms with Gasteiger partial charge in [0.25, 0.3) is 0 Å². The summed E-state index contributed by atoms with van der Waals surface area (Å²) >= 11 is 0. The maximum atomic E-state index is 12.1. The van der Waals surface area contributed by atoms with Crippen molar-refractivity contribution in [2.75, 3.05) is 0 Å². The van der Waals surface area contributed by atoms with E-state index in [4.69, 9.17) is 9.26 Å². The Hall–Kier alpha value is -2.63. The van der Waals surface area contributed by atoms with E-state index in [1.165, 1.54) is 0 Å². The Labute approximate surface area is 115 Å². The molecule has 0 aliphatic carbocycles. The monoisotopic (exact) mass is 271 g/mol. The summed E-state index contributed by atoms with van der Waals surface area (Å²) in [5.74, 6) is 0.404. The molecule has 0 unspecified atom stereocenters. The Bertz CT molecular complexity index is 773. The molecule has 0 aliphatic rings. The molecule has 20 heavy (non-hydrogen) atoms. The highest BCUT2D eigenvalue weighted by atomic mass is 16.5. The third-order valence-electron chi connectivity index (χ3n) is 3.05. The maximum Gasteiger partial charge on any atom is 0.339 e. The highest BCUT2D eigenvalue weighted by molar-refractivity contribution is 6.03. The number of aryl methyl sites for hydroxylation is 2. The van der Waals surface area contributed by atoms with Crippen LogP contribution in [0.3, 0.4) is 0 Å². The Morgan fingerprint density at radius 1 is 1.40 bits per heavy atom. The van der Waals surface area contributed by atoms with Crippen LogP contribution in [0.1, 0.15) is 22.1 Å². The molecule has 0 fully saturated rings. The first-order chi connectivity index (χ1) is 9.65. The van der Waals surface area contributed by atoms with Gasteiger partial charge in [0.15, 0.2) is 6.61 Å². The van der Waals surface area contributed by atoms with Crippen molar-refractivity contribution < 1.29 is 14.1 Å². The zero-order chi connectivity index (χ0) is 14.1. The minimum atomic E-state index is -0.399. The van der Waals surface area contributed by atoms with Crippen molar-refractivity contribution in [3.8, 4) is 0 Å². The Morgan fingerprint density at radius 3 is 3.00 bits per heavy atom. The van der Waals surface area contributed by atoms with E-state index in [9.17, 15) is 4.79 Å². The molecule has 0 saturated heterocycles. The molecule has 1 aromatic carbocycles. The van der Waals surface area contributed by atoms with Crippen LogP contribution in [0.15, 0.2) is 35.0 Å². The predicted octanol–water partition coefficient (Wildman–Crippen LogP) is 2.23. The molecular formula is C14H13N3O3. The summed E-state index contributed by atoms with van der Waals surface area (Å²) in [6.45, 7) is 1.68. The fourth-order valence-electron chi connectivity index (χ4n) is 2.09. The van der Waals surface area contributed by atoms with Crippen LogP contribution in [0.5, 0.6) is 0 Å². The third kappa shape index (κ3) is 2.16. The normalized spacial score (nSPS) is 10.9. The minimum Gasteiger partial charge on any atom is -0.454 e. The van der Waals surface area contributed by atoms with E-state index in [0.29, 0.717) is 17.3 Å². The molecule has 0 saturated carbocycles. The summed E-state index contributed by atoms with van der Waals surface area (Å²) < 4.78 is 12.0. The SMILES string of the molecule is Cc1nc(COC(=O)c2cccc3c2ccn3C)no1. The molecule has 0 spiro atoms. The quantitative estimate of drug-likeness (QED) is 0.683. The van der Waals surface area contributed by atoms with Crippen molar-refractivity contribution in [2.24, 2.45) is 7.05 Å². The standard InChI is InChI=1S/C14H13N3O3/c1-9-15-13(16-20-9)8-19-14(18)11-4-3-5-12-10(11)6-7-17(12)2/h3-7H,8H2,1-2H3. The number of benzene rings is 1. The maximum absolute atomic E-state index is 12.1. The number of aromatic nitrogens is 3. The smallest absolute Gasteiger partial charge is 0.339 e. The van der Waals surface area contributed by atoms with Gasteiger partial charge in [-0.15, -0.1) is 0 Å². The topological polar surface area (TPSA) is 70.2 Å². The molecule has 6 heteroatoms. The van der Waals surface area contributed by atoms with Gasteiger partial charge in [-0.05, 0) is 18.2 Å². The third-order valence-corrected chi connectivity index (χ3v) is 3.05. The van der Waals surface area contributed by atoms with Gasteiger partial charge in [-0.25, -0.2) is 4.79 Å². The lowest BCUT2D eigenvalue weighted by Gasteiger charge is -2.04. The lowest BCUT2D eigenvalue weighted by atomic mass is 10.1. The first-order valence-electron chi connectivity index (χ1n) is 6.15. The molecular weight excluding hydrogens is 258 g/mol. The second-order valence-corrected chi connectivity index (χ2v) is 4.47. The predicted molar refractivity (Wildman–Crippen MR) is 71.1 cm³/mol. The number of nitrogens with zero attached hydrogens (tertiary/aromatic N) is 3. The van der Waals surface area contributed by atoms with Gasteiger partial charge in [-0.2, -0.15) is 4.98 Å². The van der Waals surface area contributed by atoms with Gasteiger partial charge in [0, 0.05) is 31.1 Å². The summed E-state index contributed by atoms with van der Waals surface area (Å²) in [5, 5.41) is 4.55. The number of hydrogen-bond acceptors (Lipinski definition) is 5. The van der Waals surface area contributed by atoms with Gasteiger partial charge >= 0.3 is 5.97 Å². The van der Waals surface area contributed by atoms with Crippen molar-refractivity contribution in [1.29, 1.82) is 0 Å². The summed E-state index contributed by atoms with van der Waals surface area (Å²) in [6.07, 6.45) is 1.91. The molecule has 0 bridgehead atoms. The van der Waals surface area contributed by atoms with E-state index in [2.05, 4.69) is 10.1 Å². The van der Waals surface area contributed by atoms with Crippen LogP contribution in [0.2, 0.25) is 0 Å². The van der Waals surface area contributed by atoms with Crippen LogP contribution in [-0.4, -0.2) is 20.7 Å². The first-order valence-corrected chi connectivity index (χ1v) is 6.15. The highest BCUT2D eigenvalue weighted by Gasteiger charge is 2.14. The molecule has 3 aromatic rings. The molecule has 0 N–H and O–H groups in total. The van der Waals surface area contributed by atoms with E-state index in [1.807, 2.05) is 36.0 Å². The van der Waals surface area contributed by atoms with Crippen molar-refractivity contribution in [1.82, 2.24) is 14.7 Å². The number of rotatable bonds is 3. The molecule has 0 aliphatic heterocycles. The van der Waals surface area contributed by atoms with Crippen LogP contribution in [0.25, 0.3) is 10.9 Å². The first kappa shape index (κ1) is 12.4. The van der Waals surface area contributed by atoms with Gasteiger partial charge < -0.3 is 13.8 Å². The number of ether oxygens (including phenoxy) is 1. The number of hydrogen-bond donors (Lipinski definition) is 0. The van der Waals surface area contributed by atoms with E-state index < -0.39 is 5.97 Å². The van der Waals surface area contributed by atoms with E-state index in [1.54, 1.807) is 13.0 Å². The van der Waals surface area contributed by atoms with Crippen LogP contribution >= 0.6 is 0 Å². The number of fused-ring (bicyclic) bond motifs is 1. The minimum absolute atomic E-state index is 0.000601. The Balaban J connectivity index is 1.82. The largest absolute Gasteiger partial charge is 0.454 e. The summed E-state index contributed by atoms with van der Waals surface area (Å²) in [5.41, 5.74) is 1.51. The average Bonchev–Trinajstić information content (AvgIpc) is 3.03. The number of carbonyl (C=O) groups excluding carboxylic acids is 1. The molecule has 0 radical (unpaired) electrons. The van der Waals surface area contributed by atoms with Crippen LogP contribution in [0, 0.1) is 6.92 Å². The van der Waals surface area contributed by atoms with Gasteiger partial charge in [0.05, 0.1) is 5.56 Å². The van der Waals surface area contributed by atoms with Crippen LogP contribution in [-0.2, 0) is 18.4 Å². The molecule has 2 heterocycles. The van der Waals surface area contributed by atoms with Gasteiger partial charge in [-0.3, -0.25) is 0 Å². The second-order valence-electron chi connectivity index (χ2n) is 4.47. The zero-order valence-corrected chi connectivity index (χ0v) is 11.2. The van der Waals surface area contributed by atoms with Gasteiger partial charge in [-0.1, -0.05) is 11.2 Å². The van der Waals surface area contributed by atoms with Crippen molar-refractivity contribution in [3.63, 3.8) is 0 Å². The van der Waals surface area contributed by atoms with E-state index >= 15 is 0 Å². The molecule has 0 atom stereocenters. The summed E-state index contributed by atoms with van der Waals surface area (Å²) in [6, 6.07) is 7.42. The lowest BCUT2D eigenvalue weighted by Crippen LogP contribution is -2.06. The molecule has 6 nitrogen and oxygen atoms in total. The molecule has 0 amide bonds. The fourth-order valence-corrected chi connectivity index (χ4v) is 2.09. The zero-order valence-electron chi connectivity index (χ0n) is 11.2. The lowest BCUT2D eigenvalue weighted by molar-refractivity contribution is 0.0462. The van der Waals surface area contributed by atoms with Crippen LogP contribution < -0.4 is 0 Å². The highest BCUT2D eigenvalue weighted by Crippen LogP contribution is 2.20. The summed E-state index contributed by atoms with van der Waals surface area (Å²) in [4.78, 5) is 16.1. The second kappa shape index (κ2) is 4.80. The van der Waals surface area contributed by atoms with Crippen molar-refractivity contribution in [3.05, 3.63) is 47.7 Å². The number of carbonyl (C=O) groups is 1.